The molecule has 2 heterocycles. The van der Waals surface area contributed by atoms with Crippen molar-refractivity contribution < 1.29 is 4.74 Å². The summed E-state index contributed by atoms with van der Waals surface area (Å²) in [6, 6.07) is 0.733. The lowest BCUT2D eigenvalue weighted by Crippen LogP contribution is -2.40. The van der Waals surface area contributed by atoms with Gasteiger partial charge in [-0.25, -0.2) is 0 Å². The Hall–Kier alpha value is 0.270. The zero-order chi connectivity index (χ0) is 13.6. The largest absolute Gasteiger partial charge is 0.374 e. The van der Waals surface area contributed by atoms with E-state index >= 15 is 0 Å². The fourth-order valence-electron chi connectivity index (χ4n) is 3.47. The van der Waals surface area contributed by atoms with Gasteiger partial charge in [0.25, 0.3) is 0 Å². The monoisotopic (exact) mass is 285 g/mol. The fraction of sp³-hybridized carbons (Fsp3) is 1.00. The molecule has 0 amide bonds. The Labute approximate surface area is 123 Å². The lowest BCUT2D eigenvalue weighted by Gasteiger charge is -2.38. The highest BCUT2D eigenvalue weighted by Crippen LogP contribution is 2.41. The Balaban J connectivity index is 1.72. The molecule has 19 heavy (non-hydrogen) atoms. The highest BCUT2D eigenvalue weighted by atomic mass is 32.2. The molecule has 0 aromatic carbocycles. The first-order valence-electron chi connectivity index (χ1n) is 8.23. The van der Waals surface area contributed by atoms with Crippen LogP contribution in [0, 0.1) is 5.92 Å². The predicted octanol–water partition coefficient (Wildman–Crippen LogP) is 3.85. The lowest BCUT2D eigenvalue weighted by molar-refractivity contribution is -0.0810. The quantitative estimate of drug-likeness (QED) is 0.768. The summed E-state index contributed by atoms with van der Waals surface area (Å²) in [5.41, 5.74) is 0.270. The highest BCUT2D eigenvalue weighted by molar-refractivity contribution is 7.99. The molecule has 0 aliphatic carbocycles. The second-order valence-corrected chi connectivity index (χ2v) is 7.43. The first-order valence-corrected chi connectivity index (χ1v) is 9.38. The van der Waals surface area contributed by atoms with E-state index in [0.29, 0.717) is 0 Å². The van der Waals surface area contributed by atoms with Crippen molar-refractivity contribution in [1.29, 1.82) is 0 Å². The molecule has 0 aromatic heterocycles. The van der Waals surface area contributed by atoms with E-state index in [-0.39, 0.29) is 5.60 Å². The van der Waals surface area contributed by atoms with Gasteiger partial charge in [-0.05, 0) is 63.2 Å². The molecule has 3 unspecified atom stereocenters. The van der Waals surface area contributed by atoms with E-state index in [0.717, 1.165) is 18.6 Å². The second-order valence-electron chi connectivity index (χ2n) is 6.33. The van der Waals surface area contributed by atoms with Gasteiger partial charge in [0.15, 0.2) is 0 Å². The van der Waals surface area contributed by atoms with E-state index in [2.05, 4.69) is 30.9 Å². The van der Waals surface area contributed by atoms with E-state index < -0.39 is 0 Å². The van der Waals surface area contributed by atoms with Gasteiger partial charge in [-0.2, -0.15) is 11.8 Å². The molecule has 2 aliphatic rings. The predicted molar refractivity (Wildman–Crippen MR) is 85.0 cm³/mol. The van der Waals surface area contributed by atoms with Crippen molar-refractivity contribution in [2.45, 2.75) is 70.4 Å². The van der Waals surface area contributed by atoms with Crippen molar-refractivity contribution in [3.05, 3.63) is 0 Å². The highest BCUT2D eigenvalue weighted by Gasteiger charge is 2.40. The Morgan fingerprint density at radius 3 is 3.00 bits per heavy atom. The topological polar surface area (TPSA) is 21.3 Å². The molecule has 0 radical (unpaired) electrons. The maximum absolute atomic E-state index is 6.12. The molecule has 2 nitrogen and oxygen atoms in total. The zero-order valence-corrected chi connectivity index (χ0v) is 13.6. The standard InChI is InChI=1S/C16H31NOS/c1-3-9-17-15(4-2)6-5-14-7-10-18-16(12-14)8-11-19-13-16/h14-15,17H,3-13H2,1-2H3. The molecule has 0 aromatic rings. The average molecular weight is 285 g/mol. The summed E-state index contributed by atoms with van der Waals surface area (Å²) in [6.45, 7) is 6.74. The smallest absolute Gasteiger partial charge is 0.0783 e. The molecule has 3 heteroatoms. The van der Waals surface area contributed by atoms with E-state index in [4.69, 9.17) is 4.74 Å². The van der Waals surface area contributed by atoms with Crippen LogP contribution in [0.3, 0.4) is 0 Å². The van der Waals surface area contributed by atoms with E-state index in [1.165, 1.54) is 63.0 Å². The third-order valence-electron chi connectivity index (χ3n) is 4.76. The molecule has 3 atom stereocenters. The molecular formula is C16H31NOS. The van der Waals surface area contributed by atoms with Crippen molar-refractivity contribution >= 4 is 11.8 Å². The van der Waals surface area contributed by atoms with Crippen LogP contribution < -0.4 is 5.32 Å². The molecule has 0 saturated carbocycles. The van der Waals surface area contributed by atoms with Crippen LogP contribution in [0.1, 0.15) is 58.8 Å². The molecule has 0 bridgehead atoms. The van der Waals surface area contributed by atoms with E-state index in [1.807, 2.05) is 0 Å². The molecule has 112 valence electrons. The number of ether oxygens (including phenoxy) is 1. The van der Waals surface area contributed by atoms with Gasteiger partial charge in [0.1, 0.15) is 0 Å². The minimum Gasteiger partial charge on any atom is -0.374 e. The lowest BCUT2D eigenvalue weighted by atomic mass is 9.82. The Morgan fingerprint density at radius 2 is 2.32 bits per heavy atom. The summed E-state index contributed by atoms with van der Waals surface area (Å²) >= 11 is 2.08. The number of hydrogen-bond donors (Lipinski definition) is 1. The number of thioether (sulfide) groups is 1. The van der Waals surface area contributed by atoms with Crippen molar-refractivity contribution in [2.24, 2.45) is 5.92 Å². The van der Waals surface area contributed by atoms with Gasteiger partial charge in [0.05, 0.1) is 5.60 Å². The number of rotatable bonds is 7. The first kappa shape index (κ1) is 15.7. The summed E-state index contributed by atoms with van der Waals surface area (Å²) in [6.07, 6.45) is 9.16. The minimum atomic E-state index is 0.270. The molecule has 2 aliphatic heterocycles. The molecule has 2 fully saturated rings. The minimum absolute atomic E-state index is 0.270. The summed E-state index contributed by atoms with van der Waals surface area (Å²) < 4.78 is 6.12. The first-order chi connectivity index (χ1) is 9.28. The van der Waals surface area contributed by atoms with Crippen molar-refractivity contribution in [2.75, 3.05) is 24.7 Å². The SMILES string of the molecule is CCCNC(CC)CCC1CCOC2(CCSC2)C1. The Morgan fingerprint density at radius 1 is 1.42 bits per heavy atom. The summed E-state index contributed by atoms with van der Waals surface area (Å²) in [7, 11) is 0. The van der Waals surface area contributed by atoms with Crippen molar-refractivity contribution in [3.8, 4) is 0 Å². The molecule has 2 saturated heterocycles. The molecular weight excluding hydrogens is 254 g/mol. The Bertz CT molecular complexity index is 253. The van der Waals surface area contributed by atoms with E-state index in [1.54, 1.807) is 0 Å². The van der Waals surface area contributed by atoms with Gasteiger partial charge in [0, 0.05) is 18.4 Å². The van der Waals surface area contributed by atoms with Gasteiger partial charge in [-0.15, -0.1) is 0 Å². The van der Waals surface area contributed by atoms with Crippen molar-refractivity contribution in [3.63, 3.8) is 0 Å². The third-order valence-corrected chi connectivity index (χ3v) is 5.98. The van der Waals surface area contributed by atoms with Gasteiger partial charge < -0.3 is 10.1 Å². The van der Waals surface area contributed by atoms with E-state index in [9.17, 15) is 0 Å². The third kappa shape index (κ3) is 4.64. The molecule has 1 N–H and O–H groups in total. The van der Waals surface area contributed by atoms with Crippen LogP contribution in [0.15, 0.2) is 0 Å². The molecule has 1 spiro atoms. The van der Waals surface area contributed by atoms with Crippen LogP contribution >= 0.6 is 11.8 Å². The van der Waals surface area contributed by atoms with Crippen LogP contribution in [-0.2, 0) is 4.74 Å². The van der Waals surface area contributed by atoms with Gasteiger partial charge >= 0.3 is 0 Å². The summed E-state index contributed by atoms with van der Waals surface area (Å²) in [5.74, 6) is 3.46. The normalized spacial score (nSPS) is 32.8. The second kappa shape index (κ2) is 7.90. The van der Waals surface area contributed by atoms with Crippen LogP contribution in [0.2, 0.25) is 0 Å². The maximum atomic E-state index is 6.12. The number of hydrogen-bond acceptors (Lipinski definition) is 3. The number of nitrogens with one attached hydrogen (secondary N) is 1. The van der Waals surface area contributed by atoms with Crippen LogP contribution in [0.4, 0.5) is 0 Å². The van der Waals surface area contributed by atoms with Gasteiger partial charge in [-0.3, -0.25) is 0 Å². The van der Waals surface area contributed by atoms with Crippen LogP contribution in [0.25, 0.3) is 0 Å². The van der Waals surface area contributed by atoms with Gasteiger partial charge in [0.2, 0.25) is 0 Å². The Kier molecular flexibility index (Phi) is 6.51. The summed E-state index contributed by atoms with van der Waals surface area (Å²) in [5, 5.41) is 3.68. The van der Waals surface area contributed by atoms with Gasteiger partial charge in [-0.1, -0.05) is 13.8 Å². The van der Waals surface area contributed by atoms with Crippen LogP contribution in [-0.4, -0.2) is 36.3 Å². The molecule has 2 rings (SSSR count). The fourth-order valence-corrected chi connectivity index (χ4v) is 4.85. The average Bonchev–Trinajstić information content (AvgIpc) is 2.87. The van der Waals surface area contributed by atoms with Crippen molar-refractivity contribution in [1.82, 2.24) is 5.32 Å². The summed E-state index contributed by atoms with van der Waals surface area (Å²) in [4.78, 5) is 0. The van der Waals surface area contributed by atoms with Crippen LogP contribution in [0.5, 0.6) is 0 Å². The zero-order valence-electron chi connectivity index (χ0n) is 12.7. The maximum Gasteiger partial charge on any atom is 0.0783 e.